The van der Waals surface area contributed by atoms with Crippen LogP contribution in [-0.2, 0) is 14.3 Å². The van der Waals surface area contributed by atoms with Gasteiger partial charge in [-0.3, -0.25) is 4.79 Å². The zero-order chi connectivity index (χ0) is 65.3. The van der Waals surface area contributed by atoms with Gasteiger partial charge in [-0.2, -0.15) is 0 Å². The van der Waals surface area contributed by atoms with Crippen molar-refractivity contribution in [3.05, 3.63) is 12.2 Å². The van der Waals surface area contributed by atoms with Crippen molar-refractivity contribution in [2.45, 2.75) is 473 Å². The average Bonchev–Trinajstić information content (AvgIpc) is 1.28. The van der Waals surface area contributed by atoms with E-state index >= 15 is 0 Å². The second kappa shape index (κ2) is 67.8. The summed E-state index contributed by atoms with van der Waals surface area (Å²) in [6.45, 7) is 3.52. The Bertz CT molecular complexity index is 1470. The van der Waals surface area contributed by atoms with Crippen molar-refractivity contribution in [2.24, 2.45) is 0 Å². The fourth-order valence-corrected chi connectivity index (χ4v) is 13.5. The van der Waals surface area contributed by atoms with Crippen molar-refractivity contribution in [1.82, 2.24) is 5.32 Å². The first-order valence-electron chi connectivity index (χ1n) is 40.1. The van der Waals surface area contributed by atoms with Gasteiger partial charge in [0.1, 0.15) is 36.6 Å². The van der Waals surface area contributed by atoms with Crippen molar-refractivity contribution in [1.29, 1.82) is 0 Å². The fraction of sp³-hybridized carbons (Fsp3) is 0.962. The standard InChI is InChI=1S/C79H155NO10/c1-3-5-7-9-11-13-15-17-19-21-23-25-27-29-31-33-34-35-36-37-39-41-43-45-47-49-51-53-55-57-59-61-63-65-67-72(83)78(88)80-70(69-89-79-77(87)76(86)75(85)73(68-81)90-79)74(84)71(82)66-64-62-60-58-56-54-52-50-48-46-44-42-40-38-32-30-28-26-24-22-20-18-16-14-12-10-8-6-4-2/h58,60,70-77,79,81-87H,3-57,59,61-69H2,1-2H3,(H,80,88)/b60-58+. The molecule has 0 saturated carbocycles. The molecule has 0 aliphatic carbocycles. The number of aliphatic hydroxyl groups excluding tert-OH is 7. The molecule has 0 aromatic heterocycles. The summed E-state index contributed by atoms with van der Waals surface area (Å²) in [4.78, 5) is 13.3. The van der Waals surface area contributed by atoms with Gasteiger partial charge >= 0.3 is 0 Å². The van der Waals surface area contributed by atoms with Crippen LogP contribution in [0.2, 0.25) is 0 Å². The molecule has 1 saturated heterocycles. The Morgan fingerprint density at radius 1 is 0.378 bits per heavy atom. The molecular formula is C79H155NO10. The number of rotatable bonds is 72. The normalized spacial score (nSPS) is 18.4. The minimum atomic E-state index is -1.67. The molecule has 8 N–H and O–H groups in total. The Labute approximate surface area is 557 Å². The van der Waals surface area contributed by atoms with E-state index in [2.05, 4.69) is 31.3 Å². The number of nitrogens with one attached hydrogen (secondary N) is 1. The molecule has 9 atom stereocenters. The van der Waals surface area contributed by atoms with Gasteiger partial charge < -0.3 is 50.5 Å². The molecule has 9 unspecified atom stereocenters. The van der Waals surface area contributed by atoms with E-state index in [9.17, 15) is 40.5 Å². The number of carbonyl (C=O) groups is 1. The largest absolute Gasteiger partial charge is 0.394 e. The van der Waals surface area contributed by atoms with Crippen LogP contribution in [0.4, 0.5) is 0 Å². The molecule has 536 valence electrons. The summed E-state index contributed by atoms with van der Waals surface area (Å²) in [5.41, 5.74) is 0. The van der Waals surface area contributed by atoms with Gasteiger partial charge in [-0.15, -0.1) is 0 Å². The summed E-state index contributed by atoms with van der Waals surface area (Å²) in [7, 11) is 0. The van der Waals surface area contributed by atoms with Crippen LogP contribution in [0.3, 0.4) is 0 Å². The van der Waals surface area contributed by atoms with Gasteiger partial charge in [-0.25, -0.2) is 0 Å². The lowest BCUT2D eigenvalue weighted by Crippen LogP contribution is -2.60. The quantitative estimate of drug-likeness (QED) is 0.0215. The number of hydrogen-bond acceptors (Lipinski definition) is 10. The van der Waals surface area contributed by atoms with Gasteiger partial charge in [-0.05, 0) is 38.5 Å². The summed E-state index contributed by atoms with van der Waals surface area (Å²) in [5, 5.41) is 76.7. The summed E-state index contributed by atoms with van der Waals surface area (Å²) >= 11 is 0. The number of ether oxygens (including phenoxy) is 2. The Morgan fingerprint density at radius 3 is 0.956 bits per heavy atom. The molecule has 0 radical (unpaired) electrons. The number of aliphatic hydroxyl groups is 7. The van der Waals surface area contributed by atoms with E-state index in [0.717, 1.165) is 32.1 Å². The predicted octanol–water partition coefficient (Wildman–Crippen LogP) is 20.5. The van der Waals surface area contributed by atoms with Crippen LogP contribution in [-0.4, -0.2) is 110 Å². The SMILES string of the molecule is CCCCCCCCCCCCCCCCCCCCCCCCCC/C=C/CCCC(O)C(O)C(COC1OC(CO)C(O)C(O)C1O)NC(=O)C(O)CCCCCCCCCCCCCCCCCCCCCCCCCCCCCCCCCCCC. The van der Waals surface area contributed by atoms with E-state index in [1.54, 1.807) is 0 Å². The van der Waals surface area contributed by atoms with Crippen LogP contribution in [0.5, 0.6) is 0 Å². The van der Waals surface area contributed by atoms with Crippen molar-refractivity contribution >= 4 is 5.91 Å². The molecule has 11 nitrogen and oxygen atoms in total. The second-order valence-electron chi connectivity index (χ2n) is 28.5. The summed E-state index contributed by atoms with van der Waals surface area (Å²) in [6.07, 6.45) is 74.8. The molecular weight excluding hydrogens is 1120 g/mol. The lowest BCUT2D eigenvalue weighted by Gasteiger charge is -2.40. The molecule has 90 heavy (non-hydrogen) atoms. The zero-order valence-corrected chi connectivity index (χ0v) is 59.7. The van der Waals surface area contributed by atoms with Gasteiger partial charge in [0.25, 0.3) is 0 Å². The summed E-state index contributed by atoms with van der Waals surface area (Å²) < 4.78 is 11.2. The first kappa shape index (κ1) is 86.9. The molecule has 11 heteroatoms. The van der Waals surface area contributed by atoms with E-state index in [-0.39, 0.29) is 12.8 Å². The van der Waals surface area contributed by atoms with Gasteiger partial charge in [0.2, 0.25) is 5.91 Å². The Morgan fingerprint density at radius 2 is 0.656 bits per heavy atom. The third-order valence-corrected chi connectivity index (χ3v) is 19.8. The minimum Gasteiger partial charge on any atom is -0.394 e. The van der Waals surface area contributed by atoms with Crippen LogP contribution in [0, 0.1) is 0 Å². The molecule has 1 aliphatic rings. The lowest BCUT2D eigenvalue weighted by atomic mass is 9.98. The van der Waals surface area contributed by atoms with Crippen LogP contribution >= 0.6 is 0 Å². The second-order valence-corrected chi connectivity index (χ2v) is 28.5. The number of unbranched alkanes of at least 4 members (excludes halogenated alkanes) is 58. The molecule has 0 aromatic rings. The average molecular weight is 1280 g/mol. The number of hydrogen-bond donors (Lipinski definition) is 8. The number of allylic oxidation sites excluding steroid dienone is 2. The molecule has 1 rings (SSSR count). The molecule has 1 aliphatic heterocycles. The lowest BCUT2D eigenvalue weighted by molar-refractivity contribution is -0.303. The summed E-state index contributed by atoms with van der Waals surface area (Å²) in [6, 6.07) is -1.18. The van der Waals surface area contributed by atoms with Gasteiger partial charge in [0.05, 0.1) is 25.4 Å². The number of carbonyl (C=O) groups excluding carboxylic acids is 1. The van der Waals surface area contributed by atoms with E-state index in [0.29, 0.717) is 12.8 Å². The van der Waals surface area contributed by atoms with Crippen molar-refractivity contribution in [3.8, 4) is 0 Å². The molecule has 1 heterocycles. The van der Waals surface area contributed by atoms with Gasteiger partial charge in [0.15, 0.2) is 6.29 Å². The highest BCUT2D eigenvalue weighted by Crippen LogP contribution is 2.25. The van der Waals surface area contributed by atoms with Crippen LogP contribution in [0.25, 0.3) is 0 Å². The van der Waals surface area contributed by atoms with Crippen LogP contribution < -0.4 is 5.32 Å². The van der Waals surface area contributed by atoms with Crippen LogP contribution in [0.1, 0.15) is 418 Å². The topological polar surface area (TPSA) is 189 Å². The van der Waals surface area contributed by atoms with E-state index in [1.807, 2.05) is 0 Å². The van der Waals surface area contributed by atoms with Crippen LogP contribution in [0.15, 0.2) is 12.2 Å². The molecule has 0 spiro atoms. The Kier molecular flexibility index (Phi) is 65.5. The molecule has 1 amide bonds. The van der Waals surface area contributed by atoms with Crippen molar-refractivity contribution in [2.75, 3.05) is 13.2 Å². The first-order chi connectivity index (χ1) is 44.2. The monoisotopic (exact) mass is 1280 g/mol. The Balaban J connectivity index is 2.13. The van der Waals surface area contributed by atoms with Gasteiger partial charge in [-0.1, -0.05) is 392 Å². The third kappa shape index (κ3) is 54.0. The maximum atomic E-state index is 13.3. The highest BCUT2D eigenvalue weighted by atomic mass is 16.7. The van der Waals surface area contributed by atoms with Gasteiger partial charge in [0, 0.05) is 0 Å². The van der Waals surface area contributed by atoms with Crippen molar-refractivity contribution in [3.63, 3.8) is 0 Å². The zero-order valence-electron chi connectivity index (χ0n) is 59.7. The third-order valence-electron chi connectivity index (χ3n) is 19.8. The maximum absolute atomic E-state index is 13.3. The Hall–Kier alpha value is -1.15. The van der Waals surface area contributed by atoms with Crippen molar-refractivity contribution < 1.29 is 50.0 Å². The van der Waals surface area contributed by atoms with E-state index in [4.69, 9.17) is 9.47 Å². The van der Waals surface area contributed by atoms with E-state index < -0.39 is 74.2 Å². The maximum Gasteiger partial charge on any atom is 0.249 e. The first-order valence-corrected chi connectivity index (χ1v) is 40.1. The highest BCUT2D eigenvalue weighted by Gasteiger charge is 2.44. The van der Waals surface area contributed by atoms with E-state index in [1.165, 1.54) is 347 Å². The number of amides is 1. The highest BCUT2D eigenvalue weighted by molar-refractivity contribution is 5.80. The predicted molar refractivity (Wildman–Crippen MR) is 381 cm³/mol. The fourth-order valence-electron chi connectivity index (χ4n) is 13.5. The smallest absolute Gasteiger partial charge is 0.249 e. The molecule has 1 fully saturated rings. The summed E-state index contributed by atoms with van der Waals surface area (Å²) in [5.74, 6) is -0.696. The minimum absolute atomic E-state index is 0.260. The molecule has 0 aromatic carbocycles. The molecule has 0 bridgehead atoms.